The molecule has 0 atom stereocenters. The molecular weight excluding hydrogens is 282 g/mol. The summed E-state index contributed by atoms with van der Waals surface area (Å²) in [6.45, 7) is 5.22. The summed E-state index contributed by atoms with van der Waals surface area (Å²) in [6.07, 6.45) is 5.24. The van der Waals surface area contributed by atoms with Gasteiger partial charge >= 0.3 is 0 Å². The average Bonchev–Trinajstić information content (AvgIpc) is 3.28. The predicted molar refractivity (Wildman–Crippen MR) is 82.5 cm³/mol. The van der Waals surface area contributed by atoms with E-state index in [9.17, 15) is 0 Å². The molecule has 7 nitrogen and oxygen atoms in total. The molecule has 1 saturated heterocycles. The lowest BCUT2D eigenvalue weighted by atomic mass is 10.1. The number of ether oxygens (including phenoxy) is 1. The Morgan fingerprint density at radius 1 is 1.36 bits per heavy atom. The summed E-state index contributed by atoms with van der Waals surface area (Å²) < 4.78 is 11.0. The first-order valence-electron chi connectivity index (χ1n) is 8.11. The maximum atomic E-state index is 5.98. The van der Waals surface area contributed by atoms with Gasteiger partial charge in [-0.3, -0.25) is 4.99 Å². The van der Waals surface area contributed by atoms with Crippen LogP contribution < -0.4 is 5.32 Å². The smallest absolute Gasteiger partial charge is 0.223 e. The molecule has 122 valence electrons. The SMILES string of the molecule is CN=C(NCc1noc(C)n1)N1CCC(OCC2CC2)CC1. The number of aromatic nitrogens is 2. The van der Waals surface area contributed by atoms with Crippen LogP contribution in [-0.2, 0) is 11.3 Å². The summed E-state index contributed by atoms with van der Waals surface area (Å²) in [5.41, 5.74) is 0. The van der Waals surface area contributed by atoms with Crippen LogP contribution in [0.5, 0.6) is 0 Å². The van der Waals surface area contributed by atoms with Gasteiger partial charge in [-0.2, -0.15) is 4.98 Å². The van der Waals surface area contributed by atoms with Gasteiger partial charge in [-0.25, -0.2) is 0 Å². The van der Waals surface area contributed by atoms with E-state index in [0.717, 1.165) is 44.4 Å². The minimum Gasteiger partial charge on any atom is -0.378 e. The van der Waals surface area contributed by atoms with Crippen molar-refractivity contribution in [3.05, 3.63) is 11.7 Å². The van der Waals surface area contributed by atoms with E-state index in [4.69, 9.17) is 9.26 Å². The average molecular weight is 307 g/mol. The largest absolute Gasteiger partial charge is 0.378 e. The molecule has 1 aliphatic heterocycles. The number of hydrogen-bond acceptors (Lipinski definition) is 5. The highest BCUT2D eigenvalue weighted by molar-refractivity contribution is 5.79. The van der Waals surface area contributed by atoms with Crippen LogP contribution in [0.15, 0.2) is 9.52 Å². The summed E-state index contributed by atoms with van der Waals surface area (Å²) in [4.78, 5) is 10.8. The molecule has 1 N–H and O–H groups in total. The Kier molecular flexibility index (Phi) is 4.92. The topological polar surface area (TPSA) is 75.8 Å². The first kappa shape index (κ1) is 15.3. The van der Waals surface area contributed by atoms with Crippen LogP contribution >= 0.6 is 0 Å². The zero-order valence-electron chi connectivity index (χ0n) is 13.4. The van der Waals surface area contributed by atoms with Crippen molar-refractivity contribution in [3.8, 4) is 0 Å². The Morgan fingerprint density at radius 2 is 2.14 bits per heavy atom. The highest BCUT2D eigenvalue weighted by Crippen LogP contribution is 2.30. The Bertz CT molecular complexity index is 504. The normalized spacial score (nSPS) is 20.5. The van der Waals surface area contributed by atoms with Crippen molar-refractivity contribution in [3.63, 3.8) is 0 Å². The van der Waals surface area contributed by atoms with Crippen molar-refractivity contribution in [2.75, 3.05) is 26.7 Å². The van der Waals surface area contributed by atoms with E-state index >= 15 is 0 Å². The van der Waals surface area contributed by atoms with Crippen LogP contribution in [0.3, 0.4) is 0 Å². The third kappa shape index (κ3) is 4.19. The van der Waals surface area contributed by atoms with Crippen molar-refractivity contribution < 1.29 is 9.26 Å². The minimum absolute atomic E-state index is 0.412. The first-order valence-corrected chi connectivity index (χ1v) is 8.11. The van der Waals surface area contributed by atoms with Crippen molar-refractivity contribution in [1.29, 1.82) is 0 Å². The lowest BCUT2D eigenvalue weighted by molar-refractivity contribution is 0.0131. The Balaban J connectivity index is 1.41. The fourth-order valence-electron chi connectivity index (χ4n) is 2.69. The Morgan fingerprint density at radius 3 is 2.73 bits per heavy atom. The van der Waals surface area contributed by atoms with Gasteiger partial charge in [0, 0.05) is 33.7 Å². The van der Waals surface area contributed by atoms with Gasteiger partial charge in [-0.05, 0) is 31.6 Å². The Hall–Kier alpha value is -1.63. The molecule has 1 aliphatic carbocycles. The van der Waals surface area contributed by atoms with E-state index in [2.05, 4.69) is 25.3 Å². The molecule has 3 rings (SSSR count). The summed E-state index contributed by atoms with van der Waals surface area (Å²) >= 11 is 0. The number of aryl methyl sites for hydroxylation is 1. The second kappa shape index (κ2) is 7.09. The highest BCUT2D eigenvalue weighted by atomic mass is 16.5. The number of nitrogens with one attached hydrogen (secondary N) is 1. The molecule has 1 aromatic rings. The van der Waals surface area contributed by atoms with Gasteiger partial charge in [0.15, 0.2) is 11.8 Å². The van der Waals surface area contributed by atoms with Gasteiger partial charge < -0.3 is 19.5 Å². The predicted octanol–water partition coefficient (Wildman–Crippen LogP) is 1.34. The van der Waals surface area contributed by atoms with Gasteiger partial charge in [-0.15, -0.1) is 0 Å². The van der Waals surface area contributed by atoms with Crippen molar-refractivity contribution in [1.82, 2.24) is 20.4 Å². The molecule has 0 aromatic carbocycles. The zero-order valence-corrected chi connectivity index (χ0v) is 13.4. The molecule has 2 fully saturated rings. The summed E-state index contributed by atoms with van der Waals surface area (Å²) in [5.74, 6) is 2.97. The number of rotatable bonds is 5. The number of likely N-dealkylation sites (tertiary alicyclic amines) is 1. The van der Waals surface area contributed by atoms with Crippen molar-refractivity contribution in [2.45, 2.75) is 45.3 Å². The number of nitrogens with zero attached hydrogens (tertiary/aromatic N) is 4. The maximum Gasteiger partial charge on any atom is 0.223 e. The number of hydrogen-bond donors (Lipinski definition) is 1. The molecule has 2 heterocycles. The molecule has 1 aromatic heterocycles. The number of piperidine rings is 1. The molecule has 2 aliphatic rings. The molecule has 0 radical (unpaired) electrons. The summed E-state index contributed by atoms with van der Waals surface area (Å²) in [6, 6.07) is 0. The van der Waals surface area contributed by atoms with Crippen LogP contribution in [-0.4, -0.2) is 53.8 Å². The van der Waals surface area contributed by atoms with Gasteiger partial charge in [0.25, 0.3) is 0 Å². The Labute approximate surface area is 131 Å². The standard InChI is InChI=1S/C15H25N5O2/c1-11-18-14(19-22-11)9-17-15(16-2)20-7-5-13(6-8-20)21-10-12-3-4-12/h12-13H,3-10H2,1-2H3,(H,16,17). The third-order valence-corrected chi connectivity index (χ3v) is 4.19. The second-order valence-corrected chi connectivity index (χ2v) is 6.09. The molecule has 22 heavy (non-hydrogen) atoms. The molecule has 1 saturated carbocycles. The summed E-state index contributed by atoms with van der Waals surface area (Å²) in [5, 5.41) is 7.18. The van der Waals surface area contributed by atoms with Crippen molar-refractivity contribution >= 4 is 5.96 Å². The van der Waals surface area contributed by atoms with Crippen LogP contribution in [0.2, 0.25) is 0 Å². The fourth-order valence-corrected chi connectivity index (χ4v) is 2.69. The lowest BCUT2D eigenvalue weighted by Gasteiger charge is -2.34. The van der Waals surface area contributed by atoms with Gasteiger partial charge in [0.2, 0.25) is 5.89 Å². The van der Waals surface area contributed by atoms with E-state index in [-0.39, 0.29) is 0 Å². The van der Waals surface area contributed by atoms with Crippen LogP contribution in [0.4, 0.5) is 0 Å². The van der Waals surface area contributed by atoms with Crippen LogP contribution in [0.1, 0.15) is 37.4 Å². The van der Waals surface area contributed by atoms with E-state index in [1.165, 1.54) is 12.8 Å². The number of aliphatic imine (C=N–C) groups is 1. The van der Waals surface area contributed by atoms with Gasteiger partial charge in [0.05, 0.1) is 12.6 Å². The highest BCUT2D eigenvalue weighted by Gasteiger charge is 2.26. The minimum atomic E-state index is 0.412. The molecule has 0 spiro atoms. The molecule has 0 amide bonds. The maximum absolute atomic E-state index is 5.98. The monoisotopic (exact) mass is 307 g/mol. The van der Waals surface area contributed by atoms with Gasteiger partial charge in [-0.1, -0.05) is 5.16 Å². The molecular formula is C15H25N5O2. The first-order chi connectivity index (χ1) is 10.7. The molecule has 7 heteroatoms. The molecule has 0 unspecified atom stereocenters. The third-order valence-electron chi connectivity index (χ3n) is 4.19. The van der Waals surface area contributed by atoms with E-state index in [1.54, 1.807) is 14.0 Å². The van der Waals surface area contributed by atoms with Crippen LogP contribution in [0, 0.1) is 12.8 Å². The van der Waals surface area contributed by atoms with Crippen LogP contribution in [0.25, 0.3) is 0 Å². The van der Waals surface area contributed by atoms with Crippen molar-refractivity contribution in [2.24, 2.45) is 10.9 Å². The zero-order chi connectivity index (χ0) is 15.4. The second-order valence-electron chi connectivity index (χ2n) is 6.09. The van der Waals surface area contributed by atoms with Gasteiger partial charge in [0.1, 0.15) is 0 Å². The number of guanidine groups is 1. The van der Waals surface area contributed by atoms with E-state index in [1.807, 2.05) is 0 Å². The van der Waals surface area contributed by atoms with E-state index < -0.39 is 0 Å². The quantitative estimate of drug-likeness (QED) is 0.653. The van der Waals surface area contributed by atoms with E-state index in [0.29, 0.717) is 24.4 Å². The fraction of sp³-hybridized carbons (Fsp3) is 0.800. The summed E-state index contributed by atoms with van der Waals surface area (Å²) in [7, 11) is 1.81. The molecule has 0 bridgehead atoms. The lowest BCUT2D eigenvalue weighted by Crippen LogP contribution is -2.46.